The Morgan fingerprint density at radius 3 is 3.10 bits per heavy atom. The summed E-state index contributed by atoms with van der Waals surface area (Å²) in [7, 11) is 0. The van der Waals surface area contributed by atoms with Crippen molar-refractivity contribution in [3.8, 4) is 5.75 Å². The number of benzene rings is 1. The van der Waals surface area contributed by atoms with E-state index in [1.807, 2.05) is 23.6 Å². The summed E-state index contributed by atoms with van der Waals surface area (Å²) < 4.78 is 5.69. The van der Waals surface area contributed by atoms with Crippen molar-refractivity contribution in [2.75, 3.05) is 11.9 Å². The molecule has 1 aliphatic rings. The van der Waals surface area contributed by atoms with E-state index in [1.165, 1.54) is 10.4 Å². The number of amides is 1. The summed E-state index contributed by atoms with van der Waals surface area (Å²) in [5.74, 6) is 0.893. The van der Waals surface area contributed by atoms with E-state index in [0.717, 1.165) is 37.3 Å². The topological polar surface area (TPSA) is 38.3 Å². The molecule has 1 aromatic heterocycles. The van der Waals surface area contributed by atoms with Crippen LogP contribution >= 0.6 is 11.3 Å². The largest absolute Gasteiger partial charge is 0.491 e. The Morgan fingerprint density at radius 2 is 2.25 bits per heavy atom. The molecule has 1 amide bonds. The number of thiophene rings is 1. The predicted molar refractivity (Wildman–Crippen MR) is 81.5 cm³/mol. The molecular weight excluding hydrogens is 270 g/mol. The third-order valence-electron chi connectivity index (χ3n) is 3.39. The average molecular weight is 287 g/mol. The van der Waals surface area contributed by atoms with E-state index in [1.54, 1.807) is 11.3 Å². The molecule has 0 spiro atoms. The minimum atomic E-state index is 0.0426. The zero-order valence-electron chi connectivity index (χ0n) is 11.2. The van der Waals surface area contributed by atoms with Crippen molar-refractivity contribution in [1.82, 2.24) is 0 Å². The lowest BCUT2D eigenvalue weighted by atomic mass is 10.1. The number of fused-ring (bicyclic) bond motifs is 1. The fourth-order valence-corrected chi connectivity index (χ4v) is 3.10. The summed E-state index contributed by atoms with van der Waals surface area (Å²) in [5.41, 5.74) is 1.99. The zero-order valence-corrected chi connectivity index (χ0v) is 12.0. The van der Waals surface area contributed by atoms with Gasteiger partial charge < -0.3 is 10.1 Å². The predicted octanol–water partition coefficient (Wildman–Crippen LogP) is 3.64. The molecule has 3 nitrogen and oxygen atoms in total. The van der Waals surface area contributed by atoms with Crippen molar-refractivity contribution in [2.24, 2.45) is 0 Å². The summed E-state index contributed by atoms with van der Waals surface area (Å²) in [5, 5.41) is 5.01. The number of carbonyl (C=O) groups excluding carboxylic acids is 1. The molecule has 104 valence electrons. The van der Waals surface area contributed by atoms with Gasteiger partial charge in [0.25, 0.3) is 0 Å². The number of nitrogens with one attached hydrogen (secondary N) is 1. The highest BCUT2D eigenvalue weighted by atomic mass is 32.1. The molecule has 0 unspecified atom stereocenters. The molecule has 1 N–H and O–H groups in total. The molecule has 3 rings (SSSR count). The van der Waals surface area contributed by atoms with Gasteiger partial charge in [0, 0.05) is 11.3 Å². The van der Waals surface area contributed by atoms with E-state index in [2.05, 4.69) is 17.4 Å². The Bertz CT molecular complexity index is 593. The van der Waals surface area contributed by atoms with Crippen molar-refractivity contribution >= 4 is 22.9 Å². The molecule has 2 aromatic rings. The Hall–Kier alpha value is -1.81. The molecule has 4 heteroatoms. The molecular formula is C16H17NO2S. The molecule has 0 radical (unpaired) electrons. The highest BCUT2D eigenvalue weighted by molar-refractivity contribution is 7.09. The molecule has 1 aromatic carbocycles. The molecule has 0 fully saturated rings. The SMILES string of the molecule is O=C(CCc1cccs1)Nc1cccc2c1OCCC2. The van der Waals surface area contributed by atoms with E-state index in [0.29, 0.717) is 6.42 Å². The lowest BCUT2D eigenvalue weighted by molar-refractivity contribution is -0.116. The van der Waals surface area contributed by atoms with Crippen LogP contribution in [0.3, 0.4) is 0 Å². The minimum Gasteiger partial charge on any atom is -0.491 e. The third kappa shape index (κ3) is 3.02. The summed E-state index contributed by atoms with van der Waals surface area (Å²) >= 11 is 1.69. The lowest BCUT2D eigenvalue weighted by Crippen LogP contribution is -2.16. The molecule has 0 aliphatic carbocycles. The molecule has 1 aliphatic heterocycles. The number of ether oxygens (including phenoxy) is 1. The summed E-state index contributed by atoms with van der Waals surface area (Å²) in [4.78, 5) is 13.3. The van der Waals surface area contributed by atoms with Gasteiger partial charge in [0.15, 0.2) is 0 Å². The molecule has 0 bridgehead atoms. The lowest BCUT2D eigenvalue weighted by Gasteiger charge is -2.20. The van der Waals surface area contributed by atoms with Gasteiger partial charge in [-0.3, -0.25) is 4.79 Å². The maximum absolute atomic E-state index is 12.0. The highest BCUT2D eigenvalue weighted by Crippen LogP contribution is 2.32. The van der Waals surface area contributed by atoms with Gasteiger partial charge in [0.2, 0.25) is 5.91 Å². The van der Waals surface area contributed by atoms with E-state index in [-0.39, 0.29) is 5.91 Å². The van der Waals surface area contributed by atoms with E-state index < -0.39 is 0 Å². The Morgan fingerprint density at radius 1 is 1.30 bits per heavy atom. The second-order valence-electron chi connectivity index (χ2n) is 4.87. The van der Waals surface area contributed by atoms with Crippen LogP contribution in [-0.2, 0) is 17.6 Å². The van der Waals surface area contributed by atoms with Gasteiger partial charge in [-0.1, -0.05) is 18.2 Å². The number of hydrogen-bond acceptors (Lipinski definition) is 3. The van der Waals surface area contributed by atoms with Crippen molar-refractivity contribution in [3.05, 3.63) is 46.2 Å². The maximum atomic E-state index is 12.0. The van der Waals surface area contributed by atoms with E-state index >= 15 is 0 Å². The van der Waals surface area contributed by atoms with Crippen LogP contribution in [0.25, 0.3) is 0 Å². The van der Waals surface area contributed by atoms with Crippen LogP contribution in [0.2, 0.25) is 0 Å². The first kappa shape index (κ1) is 13.2. The highest BCUT2D eigenvalue weighted by Gasteiger charge is 2.15. The van der Waals surface area contributed by atoms with Crippen LogP contribution in [0.15, 0.2) is 35.7 Å². The van der Waals surface area contributed by atoms with E-state index in [4.69, 9.17) is 4.74 Å². The van der Waals surface area contributed by atoms with Crippen LogP contribution in [0.1, 0.15) is 23.3 Å². The number of carbonyl (C=O) groups is 1. The molecule has 2 heterocycles. The second kappa shape index (κ2) is 6.09. The number of aryl methyl sites for hydroxylation is 2. The van der Waals surface area contributed by atoms with Gasteiger partial charge in [0.1, 0.15) is 5.75 Å². The third-order valence-corrected chi connectivity index (χ3v) is 4.32. The van der Waals surface area contributed by atoms with Crippen molar-refractivity contribution in [3.63, 3.8) is 0 Å². The van der Waals surface area contributed by atoms with Gasteiger partial charge in [-0.25, -0.2) is 0 Å². The van der Waals surface area contributed by atoms with Gasteiger partial charge in [-0.2, -0.15) is 0 Å². The zero-order chi connectivity index (χ0) is 13.8. The summed E-state index contributed by atoms with van der Waals surface area (Å²) in [6.45, 7) is 0.731. The standard InChI is InChI=1S/C16H17NO2S/c18-15(9-8-13-6-3-11-20-13)17-14-7-1-4-12-5-2-10-19-16(12)14/h1,3-4,6-7,11H,2,5,8-10H2,(H,17,18). The van der Waals surface area contributed by atoms with Crippen LogP contribution in [0.4, 0.5) is 5.69 Å². The molecule has 0 atom stereocenters. The number of rotatable bonds is 4. The Labute approximate surface area is 122 Å². The molecule has 20 heavy (non-hydrogen) atoms. The first-order valence-electron chi connectivity index (χ1n) is 6.90. The Balaban J connectivity index is 1.64. The fourth-order valence-electron chi connectivity index (χ4n) is 2.39. The molecule has 0 saturated heterocycles. The van der Waals surface area contributed by atoms with Gasteiger partial charge in [-0.15, -0.1) is 11.3 Å². The van der Waals surface area contributed by atoms with Crippen LogP contribution in [0, 0.1) is 0 Å². The number of para-hydroxylation sites is 1. The van der Waals surface area contributed by atoms with Crippen LogP contribution in [0.5, 0.6) is 5.75 Å². The fraction of sp³-hybridized carbons (Fsp3) is 0.312. The van der Waals surface area contributed by atoms with E-state index in [9.17, 15) is 4.79 Å². The summed E-state index contributed by atoms with van der Waals surface area (Å²) in [6.07, 6.45) is 3.36. The normalized spacial score (nSPS) is 13.4. The number of hydrogen-bond donors (Lipinski definition) is 1. The van der Waals surface area contributed by atoms with Crippen LogP contribution in [-0.4, -0.2) is 12.5 Å². The molecule has 0 saturated carbocycles. The minimum absolute atomic E-state index is 0.0426. The smallest absolute Gasteiger partial charge is 0.224 e. The number of anilines is 1. The summed E-state index contributed by atoms with van der Waals surface area (Å²) in [6, 6.07) is 10.0. The van der Waals surface area contributed by atoms with Crippen LogP contribution < -0.4 is 10.1 Å². The maximum Gasteiger partial charge on any atom is 0.224 e. The van der Waals surface area contributed by atoms with Gasteiger partial charge in [0.05, 0.1) is 12.3 Å². The first-order valence-corrected chi connectivity index (χ1v) is 7.78. The van der Waals surface area contributed by atoms with Crippen molar-refractivity contribution < 1.29 is 9.53 Å². The van der Waals surface area contributed by atoms with Gasteiger partial charge >= 0.3 is 0 Å². The second-order valence-corrected chi connectivity index (χ2v) is 5.91. The van der Waals surface area contributed by atoms with Gasteiger partial charge in [-0.05, 0) is 42.3 Å². The quantitative estimate of drug-likeness (QED) is 0.932. The Kier molecular flexibility index (Phi) is 4.02. The van der Waals surface area contributed by atoms with Crippen molar-refractivity contribution in [2.45, 2.75) is 25.7 Å². The average Bonchev–Trinajstić information content (AvgIpc) is 2.99. The van der Waals surface area contributed by atoms with Crippen molar-refractivity contribution in [1.29, 1.82) is 0 Å². The monoisotopic (exact) mass is 287 g/mol. The first-order chi connectivity index (χ1) is 9.83.